The highest BCUT2D eigenvalue weighted by molar-refractivity contribution is 7.25. The summed E-state index contributed by atoms with van der Waals surface area (Å²) in [6.45, 7) is 0. The van der Waals surface area contributed by atoms with Crippen molar-refractivity contribution < 1.29 is 0 Å². The summed E-state index contributed by atoms with van der Waals surface area (Å²) in [5.74, 6) is 0. The zero-order valence-electron chi connectivity index (χ0n) is 33.2. The van der Waals surface area contributed by atoms with E-state index in [0.29, 0.717) is 0 Å². The molecule has 3 heteroatoms. The van der Waals surface area contributed by atoms with Crippen molar-refractivity contribution in [3.05, 3.63) is 253 Å². The van der Waals surface area contributed by atoms with Gasteiger partial charge in [0.15, 0.2) is 0 Å². The third-order valence-corrected chi connectivity index (χ3v) is 13.6. The van der Waals surface area contributed by atoms with Crippen LogP contribution in [-0.4, -0.2) is 4.98 Å². The average molecular weight is 795 g/mol. The molecule has 0 bridgehead atoms. The largest absolute Gasteiger partial charge is 0.308 e. The number of aromatic nitrogens is 1. The minimum absolute atomic E-state index is 0.559. The van der Waals surface area contributed by atoms with Crippen LogP contribution in [0.25, 0.3) is 64.5 Å². The number of rotatable bonds is 7. The standard InChI is InChI=1S/C58H38N2S/c1-5-17-39(18-6-1)40-29-31-46(32-30-40)60(47-35-56-57(59-38-47)51-33-42-21-13-14-22-43(42)34-55(51)61-56)54-37-53-50(36-49(54)41-19-7-2-8-20-41)48-27-15-16-28-52(48)58(53,44-23-9-3-10-24-44)45-25-11-4-12-26-45/h1-38H. The topological polar surface area (TPSA) is 16.1 Å². The number of benzene rings is 9. The van der Waals surface area contributed by atoms with E-state index in [9.17, 15) is 0 Å². The van der Waals surface area contributed by atoms with Crippen LogP contribution in [-0.2, 0) is 5.41 Å². The molecule has 0 aliphatic heterocycles. The van der Waals surface area contributed by atoms with Crippen LogP contribution in [0, 0.1) is 0 Å². The van der Waals surface area contributed by atoms with Gasteiger partial charge in [-0.2, -0.15) is 0 Å². The van der Waals surface area contributed by atoms with Gasteiger partial charge < -0.3 is 4.90 Å². The van der Waals surface area contributed by atoms with E-state index in [1.54, 1.807) is 0 Å². The highest BCUT2D eigenvalue weighted by Gasteiger charge is 2.46. The molecule has 0 N–H and O–H groups in total. The lowest BCUT2D eigenvalue weighted by atomic mass is 9.67. The van der Waals surface area contributed by atoms with E-state index in [1.807, 2.05) is 11.3 Å². The van der Waals surface area contributed by atoms with Crippen LogP contribution in [0.1, 0.15) is 22.3 Å². The fraction of sp³-hybridized carbons (Fsp3) is 0.0172. The van der Waals surface area contributed by atoms with Gasteiger partial charge in [0, 0.05) is 21.3 Å². The van der Waals surface area contributed by atoms with Crippen LogP contribution in [0.3, 0.4) is 0 Å². The zero-order chi connectivity index (χ0) is 40.3. The Kier molecular flexibility index (Phi) is 8.29. The molecule has 1 aliphatic carbocycles. The summed E-state index contributed by atoms with van der Waals surface area (Å²) in [6.07, 6.45) is 2.08. The second-order valence-corrected chi connectivity index (χ2v) is 17.0. The minimum atomic E-state index is -0.559. The summed E-state index contributed by atoms with van der Waals surface area (Å²) < 4.78 is 2.40. The molecule has 1 aliphatic rings. The van der Waals surface area contributed by atoms with Crippen molar-refractivity contribution in [2.75, 3.05) is 4.90 Å². The maximum atomic E-state index is 5.31. The molecular formula is C58H38N2S. The molecule has 0 radical (unpaired) electrons. The maximum Gasteiger partial charge on any atom is 0.0890 e. The number of hydrogen-bond acceptors (Lipinski definition) is 3. The number of nitrogens with zero attached hydrogens (tertiary/aromatic N) is 2. The molecule has 0 amide bonds. The number of pyridine rings is 1. The van der Waals surface area contributed by atoms with E-state index in [0.717, 1.165) is 38.4 Å². The molecule has 0 atom stereocenters. The van der Waals surface area contributed by atoms with Gasteiger partial charge in [-0.1, -0.05) is 182 Å². The summed E-state index contributed by atoms with van der Waals surface area (Å²) in [7, 11) is 0. The number of thiophene rings is 1. The van der Waals surface area contributed by atoms with Crippen molar-refractivity contribution in [2.45, 2.75) is 5.41 Å². The summed E-state index contributed by atoms with van der Waals surface area (Å²) in [5.41, 5.74) is 15.8. The molecular weight excluding hydrogens is 757 g/mol. The molecule has 2 heterocycles. The molecule has 61 heavy (non-hydrogen) atoms. The lowest BCUT2D eigenvalue weighted by Crippen LogP contribution is -2.28. The number of fused-ring (bicyclic) bond motifs is 7. The Hall–Kier alpha value is -7.59. The molecule has 286 valence electrons. The Labute approximate surface area is 359 Å². The average Bonchev–Trinajstić information content (AvgIpc) is 3.84. The van der Waals surface area contributed by atoms with Gasteiger partial charge in [-0.3, -0.25) is 4.98 Å². The van der Waals surface area contributed by atoms with E-state index in [-0.39, 0.29) is 0 Å². The Morgan fingerprint density at radius 2 is 0.967 bits per heavy atom. The summed E-state index contributed by atoms with van der Waals surface area (Å²) in [4.78, 5) is 7.75. The van der Waals surface area contributed by atoms with Gasteiger partial charge in [-0.15, -0.1) is 11.3 Å². The number of anilines is 3. The van der Waals surface area contributed by atoms with Crippen molar-refractivity contribution in [1.29, 1.82) is 0 Å². The quantitative estimate of drug-likeness (QED) is 0.160. The van der Waals surface area contributed by atoms with Crippen molar-refractivity contribution in [3.63, 3.8) is 0 Å². The van der Waals surface area contributed by atoms with Gasteiger partial charge in [0.05, 0.1) is 33.2 Å². The van der Waals surface area contributed by atoms with Crippen LogP contribution in [0.2, 0.25) is 0 Å². The smallest absolute Gasteiger partial charge is 0.0890 e. The molecule has 0 spiro atoms. The predicted octanol–water partition coefficient (Wildman–Crippen LogP) is 15.8. The lowest BCUT2D eigenvalue weighted by Gasteiger charge is -2.35. The van der Waals surface area contributed by atoms with Crippen LogP contribution in [0.4, 0.5) is 17.1 Å². The first-order valence-electron chi connectivity index (χ1n) is 20.9. The lowest BCUT2D eigenvalue weighted by molar-refractivity contribution is 0.768. The van der Waals surface area contributed by atoms with E-state index in [1.165, 1.54) is 65.4 Å². The van der Waals surface area contributed by atoms with Crippen molar-refractivity contribution in [3.8, 4) is 33.4 Å². The van der Waals surface area contributed by atoms with Gasteiger partial charge in [-0.25, -0.2) is 0 Å². The molecule has 0 fully saturated rings. The fourth-order valence-corrected chi connectivity index (χ4v) is 10.9. The molecule has 11 aromatic rings. The predicted molar refractivity (Wildman–Crippen MR) is 257 cm³/mol. The van der Waals surface area contributed by atoms with Gasteiger partial charge in [0.2, 0.25) is 0 Å². The molecule has 0 saturated carbocycles. The van der Waals surface area contributed by atoms with Gasteiger partial charge in [-0.05, 0) is 103 Å². The monoisotopic (exact) mass is 794 g/mol. The Balaban J connectivity index is 1.16. The van der Waals surface area contributed by atoms with Crippen LogP contribution < -0.4 is 4.90 Å². The third kappa shape index (κ3) is 5.66. The van der Waals surface area contributed by atoms with E-state index in [4.69, 9.17) is 4.98 Å². The first-order valence-corrected chi connectivity index (χ1v) is 21.7. The normalized spacial score (nSPS) is 12.7. The summed E-state index contributed by atoms with van der Waals surface area (Å²) in [6, 6.07) is 82.2. The van der Waals surface area contributed by atoms with E-state index >= 15 is 0 Å². The summed E-state index contributed by atoms with van der Waals surface area (Å²) >= 11 is 1.82. The van der Waals surface area contributed by atoms with Crippen LogP contribution >= 0.6 is 11.3 Å². The highest BCUT2D eigenvalue weighted by atomic mass is 32.1. The Bertz CT molecular complexity index is 3350. The van der Waals surface area contributed by atoms with E-state index < -0.39 is 5.41 Å². The van der Waals surface area contributed by atoms with Crippen molar-refractivity contribution >= 4 is 59.5 Å². The van der Waals surface area contributed by atoms with Crippen LogP contribution in [0.15, 0.2) is 231 Å². The molecule has 12 rings (SSSR count). The fourth-order valence-electron chi connectivity index (χ4n) is 9.82. The zero-order valence-corrected chi connectivity index (χ0v) is 34.1. The maximum absolute atomic E-state index is 5.31. The minimum Gasteiger partial charge on any atom is -0.308 e. The molecule has 2 nitrogen and oxygen atoms in total. The molecule has 0 unspecified atom stereocenters. The SMILES string of the molecule is c1ccc(-c2ccc(N(c3cnc4c(c3)sc3cc5ccccc5cc34)c3cc4c(cc3-c3ccccc3)-c3ccccc3C4(c3ccccc3)c3ccccc3)cc2)cc1. The van der Waals surface area contributed by atoms with Crippen LogP contribution in [0.5, 0.6) is 0 Å². The van der Waals surface area contributed by atoms with Crippen molar-refractivity contribution in [1.82, 2.24) is 4.98 Å². The van der Waals surface area contributed by atoms with Gasteiger partial charge in [0.1, 0.15) is 0 Å². The highest BCUT2D eigenvalue weighted by Crippen LogP contribution is 2.59. The number of hydrogen-bond donors (Lipinski definition) is 0. The van der Waals surface area contributed by atoms with Crippen molar-refractivity contribution in [2.24, 2.45) is 0 Å². The second kappa shape index (κ2) is 14.3. The second-order valence-electron chi connectivity index (χ2n) is 15.9. The van der Waals surface area contributed by atoms with Gasteiger partial charge in [0.25, 0.3) is 0 Å². The molecule has 0 saturated heterocycles. The Morgan fingerprint density at radius 3 is 1.66 bits per heavy atom. The first-order chi connectivity index (χ1) is 30.2. The van der Waals surface area contributed by atoms with E-state index in [2.05, 4.69) is 236 Å². The summed E-state index contributed by atoms with van der Waals surface area (Å²) in [5, 5.41) is 3.67. The Morgan fingerprint density at radius 1 is 0.393 bits per heavy atom. The molecule has 9 aromatic carbocycles. The molecule has 2 aromatic heterocycles. The van der Waals surface area contributed by atoms with Gasteiger partial charge >= 0.3 is 0 Å². The third-order valence-electron chi connectivity index (χ3n) is 12.6. The first kappa shape index (κ1) is 35.4.